The van der Waals surface area contributed by atoms with E-state index in [9.17, 15) is 122 Å². The van der Waals surface area contributed by atoms with Crippen molar-refractivity contribution in [3.8, 4) is 0 Å². The van der Waals surface area contributed by atoms with E-state index in [0.717, 1.165) is 20.8 Å². The first-order chi connectivity index (χ1) is 44.9. The Kier molecular flexibility index (Phi) is 27.5. The van der Waals surface area contributed by atoms with Gasteiger partial charge >= 0.3 is 0 Å². The van der Waals surface area contributed by atoms with Gasteiger partial charge in [0.15, 0.2) is 50.3 Å². The third-order valence-corrected chi connectivity index (χ3v) is 17.4. The smallest absolute Gasteiger partial charge is 0.217 e. The highest BCUT2D eigenvalue weighted by Crippen LogP contribution is 2.39. The second kappa shape index (κ2) is 33.6. The van der Waals surface area contributed by atoms with Crippen molar-refractivity contribution in [3.05, 3.63) is 0 Å². The van der Waals surface area contributed by atoms with Gasteiger partial charge in [0.2, 0.25) is 17.7 Å². The van der Waals surface area contributed by atoms with E-state index in [1.54, 1.807) is 0 Å². The predicted octanol–water partition coefficient (Wildman–Crippen LogP) is -16.4. The van der Waals surface area contributed by atoms with Gasteiger partial charge in [-0.15, -0.1) is 0 Å². The molecule has 0 aliphatic carbocycles. The van der Waals surface area contributed by atoms with Crippen molar-refractivity contribution < 1.29 is 193 Å². The van der Waals surface area contributed by atoms with Crippen LogP contribution in [0, 0.1) is 0 Å². The van der Waals surface area contributed by atoms with Crippen LogP contribution in [0.3, 0.4) is 0 Å². The van der Waals surface area contributed by atoms with Crippen LogP contribution in [0.25, 0.3) is 0 Å². The second-order valence-corrected chi connectivity index (χ2v) is 24.2. The Morgan fingerprint density at radius 1 is 0.337 bits per heavy atom. The highest BCUT2D eigenvalue weighted by Gasteiger charge is 2.60. The van der Waals surface area contributed by atoms with Gasteiger partial charge in [-0.1, -0.05) is 0 Å². The lowest BCUT2D eigenvalue weighted by Gasteiger charge is -2.52. The summed E-state index contributed by atoms with van der Waals surface area (Å²) in [5, 5.41) is 237. The van der Waals surface area contributed by atoms with Gasteiger partial charge in [0.1, 0.15) is 183 Å². The van der Waals surface area contributed by atoms with Gasteiger partial charge in [0, 0.05) is 20.8 Å². The number of nitrogens with one attached hydrogen (secondary N) is 3. The average molecular weight is 1390 g/mol. The number of aliphatic hydroxyl groups excluding tert-OH is 21. The van der Waals surface area contributed by atoms with Crippen molar-refractivity contribution in [2.24, 2.45) is 0 Å². The molecule has 42 heteroatoms. The Labute approximate surface area is 538 Å². The Morgan fingerprint density at radius 3 is 1.24 bits per heavy atom. The summed E-state index contributed by atoms with van der Waals surface area (Å²) in [6, 6.07) is -5.48. The first-order valence-corrected chi connectivity index (χ1v) is 30.4. The van der Waals surface area contributed by atoms with Crippen LogP contribution in [-0.2, 0) is 85.4 Å². The first kappa shape index (κ1) is 77.7. The molecule has 0 unspecified atom stereocenters. The Balaban J connectivity index is 1.11. The zero-order valence-electron chi connectivity index (χ0n) is 51.2. The summed E-state index contributed by atoms with van der Waals surface area (Å²) in [5.41, 5.74) is 0. The van der Waals surface area contributed by atoms with Crippen LogP contribution in [0.15, 0.2) is 0 Å². The summed E-state index contributed by atoms with van der Waals surface area (Å²) in [7, 11) is 0. The van der Waals surface area contributed by atoms with Crippen LogP contribution in [0.1, 0.15) is 27.7 Å². The Bertz CT molecular complexity index is 2440. The quantitative estimate of drug-likeness (QED) is 0.0452. The van der Waals surface area contributed by atoms with Gasteiger partial charge < -0.3 is 194 Å². The molecule has 0 radical (unpaired) electrons. The molecule has 0 aromatic carbocycles. The van der Waals surface area contributed by atoms with Crippen molar-refractivity contribution in [1.29, 1.82) is 0 Å². The molecule has 8 aliphatic rings. The number of carbonyl (C=O) groups is 3. The summed E-state index contributed by atoms with van der Waals surface area (Å²) in [6.07, 6.45) is -71.0. The summed E-state index contributed by atoms with van der Waals surface area (Å²) in [4.78, 5) is 38.1. The van der Waals surface area contributed by atoms with Crippen molar-refractivity contribution in [2.45, 2.75) is 267 Å². The maximum atomic E-state index is 13.0. The lowest BCUT2D eigenvalue weighted by atomic mass is 9.93. The fourth-order valence-corrected chi connectivity index (χ4v) is 12.2. The summed E-state index contributed by atoms with van der Waals surface area (Å²) < 4.78 is 88.7. The Hall–Kier alpha value is -3.03. The molecule has 42 nitrogen and oxygen atoms in total. The number of amides is 3. The largest absolute Gasteiger partial charge is 0.394 e. The van der Waals surface area contributed by atoms with E-state index in [4.69, 9.17) is 71.1 Å². The normalized spacial score (nSPS) is 49.9. The zero-order chi connectivity index (χ0) is 69.9. The number of hydrogen-bond acceptors (Lipinski definition) is 39. The molecule has 0 aromatic heterocycles. The summed E-state index contributed by atoms with van der Waals surface area (Å²) in [5.74, 6) is -2.63. The molecule has 8 saturated heterocycles. The minimum absolute atomic E-state index is 0.756. The molecule has 8 aliphatic heterocycles. The SMILES string of the molecule is CC(=O)N[C@@H]1[C@@H](O)[C@H](O[C@@H]2O[C@H](CO)[C@@H](O[C@@H]3O[C@H](CO)[C@@H](O)[C@H](O[C@H]4O[C@H](CO)[C@@H](O)[C@H](O)[C@@H]4O[C@@H]4O[C@H](CO)[C@@H](O[C@@H]5O[C@H](CO)[C@H](O)[C@H](O)[C@H]5O)[C@H](O)[C@H]4NC(C)=O)[C@@H]3O[C@@H]3OC[C@@H](O)[C@H](O)[C@H]3O)[C@H](O)[C@H]2NC(C)=O)[C@@H](CO[C@@H]2O[C@@H](C)[C@@H](O)[C@@H](O)[C@@H]2O)O[C@H]1O. The third kappa shape index (κ3) is 17.1. The van der Waals surface area contributed by atoms with E-state index in [-0.39, 0.29) is 0 Å². The molecule has 0 aromatic rings. The molecule has 550 valence electrons. The highest BCUT2D eigenvalue weighted by molar-refractivity contribution is 5.74. The van der Waals surface area contributed by atoms with Crippen molar-refractivity contribution in [3.63, 3.8) is 0 Å². The van der Waals surface area contributed by atoms with Gasteiger partial charge in [-0.05, 0) is 6.92 Å². The molecule has 8 rings (SSSR count). The van der Waals surface area contributed by atoms with Crippen molar-refractivity contribution >= 4 is 17.7 Å². The van der Waals surface area contributed by atoms with Gasteiger partial charge in [0.25, 0.3) is 0 Å². The average Bonchev–Trinajstić information content (AvgIpc) is 0.769. The predicted molar refractivity (Wildman–Crippen MR) is 292 cm³/mol. The molecule has 39 atom stereocenters. The molecule has 8 heterocycles. The van der Waals surface area contributed by atoms with E-state index in [1.165, 1.54) is 6.92 Å². The lowest BCUT2D eigenvalue weighted by Crippen LogP contribution is -2.71. The van der Waals surface area contributed by atoms with Crippen LogP contribution in [-0.4, -0.2) is 411 Å². The zero-order valence-corrected chi connectivity index (χ0v) is 51.2. The molecule has 3 amide bonds. The number of rotatable bonds is 23. The van der Waals surface area contributed by atoms with E-state index in [2.05, 4.69) is 16.0 Å². The van der Waals surface area contributed by atoms with E-state index >= 15 is 0 Å². The maximum absolute atomic E-state index is 13.0. The van der Waals surface area contributed by atoms with E-state index < -0.39 is 303 Å². The van der Waals surface area contributed by atoms with Crippen LogP contribution in [0.5, 0.6) is 0 Å². The fraction of sp³-hybridized carbons (Fsp3) is 0.943. The van der Waals surface area contributed by atoms with Crippen molar-refractivity contribution in [1.82, 2.24) is 16.0 Å². The highest BCUT2D eigenvalue weighted by atomic mass is 16.8. The monoisotopic (exact) mass is 1390 g/mol. The minimum Gasteiger partial charge on any atom is -0.394 e. The minimum atomic E-state index is -2.31. The van der Waals surface area contributed by atoms with Crippen molar-refractivity contribution in [2.75, 3.05) is 46.2 Å². The van der Waals surface area contributed by atoms with Crippen LogP contribution < -0.4 is 16.0 Å². The van der Waals surface area contributed by atoms with Crippen LogP contribution in [0.4, 0.5) is 0 Å². The molecule has 95 heavy (non-hydrogen) atoms. The number of hydrogen-bond donors (Lipinski definition) is 24. The summed E-state index contributed by atoms with van der Waals surface area (Å²) in [6.45, 7) is -2.71. The summed E-state index contributed by atoms with van der Waals surface area (Å²) >= 11 is 0. The second-order valence-electron chi connectivity index (χ2n) is 24.2. The topological polar surface area (TPSA) is 651 Å². The molecule has 8 fully saturated rings. The lowest BCUT2D eigenvalue weighted by molar-refractivity contribution is -0.409. The van der Waals surface area contributed by atoms with Gasteiger partial charge in [-0.25, -0.2) is 0 Å². The van der Waals surface area contributed by atoms with Crippen LogP contribution in [0.2, 0.25) is 0 Å². The molecule has 0 spiro atoms. The number of ether oxygens (including phenoxy) is 15. The van der Waals surface area contributed by atoms with Gasteiger partial charge in [-0.3, -0.25) is 14.4 Å². The number of carbonyl (C=O) groups excluding carboxylic acids is 3. The molecule has 24 N–H and O–H groups in total. The number of aliphatic hydroxyl groups is 21. The first-order valence-electron chi connectivity index (χ1n) is 30.4. The molecule has 0 saturated carbocycles. The molecular formula is C53H89N3O39. The van der Waals surface area contributed by atoms with Gasteiger partial charge in [0.05, 0.1) is 52.4 Å². The molecular weight excluding hydrogens is 1300 g/mol. The van der Waals surface area contributed by atoms with E-state index in [0.29, 0.717) is 0 Å². The Morgan fingerprint density at radius 2 is 0.716 bits per heavy atom. The van der Waals surface area contributed by atoms with Crippen LogP contribution >= 0.6 is 0 Å². The maximum Gasteiger partial charge on any atom is 0.217 e. The fourth-order valence-electron chi connectivity index (χ4n) is 12.2. The standard InChI is InChI=1S/C53H89N3O39/c1-12-26(66)34(74)38(78)49(83-12)82-11-22-42(31(71)23(46(80)84-22)54-13(2)62)90-47-24(55-14(3)63)33(73)41(21(9-61)88-47)92-53-45(95-50-37(77)27(67)16(65)10-81-50)43(30(70)19(7-59)87-53)93-52-44(36(76)29(69)18(6-58)86-52)94-48-25(56-15(4)64)32(72)40(20(8-60)89-48)91-51-39(79)35(75)28(68)17(5-57)85-51/h12,16-53,57-61,65-80H,5-11H2,1-4H3,(H,54,62)(H,55,63)(H,56,64)/t12-,16+,17+,18+,19+,20+,21+,22+,23+,24+,25+,26+,27-,28-,29+,30+,31+,32+,33+,34+,35-,36-,37+,38-,39+,40+,41+,42+,43-,44-,45-,46+,47-,48-,49+,50-,51-,52+,53-/m0/s1. The molecule has 0 bridgehead atoms. The van der Waals surface area contributed by atoms with Gasteiger partial charge in [-0.2, -0.15) is 0 Å². The van der Waals surface area contributed by atoms with E-state index in [1.807, 2.05) is 0 Å². The third-order valence-electron chi connectivity index (χ3n) is 17.4.